The van der Waals surface area contributed by atoms with Crippen LogP contribution in [0.2, 0.25) is 0 Å². The predicted molar refractivity (Wildman–Crippen MR) is 155 cm³/mol. The fraction of sp³-hybridized carbons (Fsp3) is 0.267. The summed E-state index contributed by atoms with van der Waals surface area (Å²) in [5.74, 6) is 1.16. The number of aromatic nitrogens is 7. The second-order valence-corrected chi connectivity index (χ2v) is 10.2. The summed E-state index contributed by atoms with van der Waals surface area (Å²) in [6, 6.07) is 16.7. The van der Waals surface area contributed by atoms with Gasteiger partial charge in [-0.15, -0.1) is 5.10 Å². The average Bonchev–Trinajstić information content (AvgIpc) is 3.74. The Morgan fingerprint density at radius 3 is 2.69 bits per heavy atom. The van der Waals surface area contributed by atoms with Crippen molar-refractivity contribution >= 4 is 6.09 Å². The first-order chi connectivity index (χ1) is 20.4. The normalized spacial score (nSPS) is 14.1. The summed E-state index contributed by atoms with van der Waals surface area (Å²) in [6.07, 6.45) is 2.50. The molecule has 1 amide bonds. The van der Waals surface area contributed by atoms with Crippen LogP contribution in [0.4, 0.5) is 4.79 Å². The number of tetrazole rings is 1. The number of rotatable bonds is 8. The van der Waals surface area contributed by atoms with E-state index in [-0.39, 0.29) is 11.6 Å². The van der Waals surface area contributed by atoms with Gasteiger partial charge in [0.1, 0.15) is 17.9 Å². The van der Waals surface area contributed by atoms with E-state index in [0.717, 1.165) is 63.7 Å². The SMILES string of the molecule is COCCNC(=O)Oc1ccc(-c2nc([C@@H]3CCc4cc(-c5cc(C)ccc5-n5cnnn5)cc(=O)n43)[nH]c2C)cc1. The van der Waals surface area contributed by atoms with Gasteiger partial charge in [0.15, 0.2) is 0 Å². The van der Waals surface area contributed by atoms with Gasteiger partial charge in [-0.1, -0.05) is 11.6 Å². The Kier molecular flexibility index (Phi) is 7.36. The molecule has 1 atom stereocenters. The van der Waals surface area contributed by atoms with E-state index in [4.69, 9.17) is 14.5 Å². The number of H-pyrrole nitrogens is 1. The molecule has 0 radical (unpaired) electrons. The van der Waals surface area contributed by atoms with E-state index >= 15 is 0 Å². The molecule has 0 saturated heterocycles. The highest BCUT2D eigenvalue weighted by molar-refractivity contribution is 5.74. The smallest absolute Gasteiger partial charge is 0.410 e. The molecule has 0 fully saturated rings. The number of hydrogen-bond acceptors (Lipinski definition) is 8. The minimum Gasteiger partial charge on any atom is -0.410 e. The first-order valence-corrected chi connectivity index (χ1v) is 13.6. The summed E-state index contributed by atoms with van der Waals surface area (Å²) in [5, 5.41) is 14.2. The van der Waals surface area contributed by atoms with Gasteiger partial charge in [-0.25, -0.2) is 9.78 Å². The number of benzene rings is 2. The molecule has 2 aromatic carbocycles. The van der Waals surface area contributed by atoms with Crippen LogP contribution in [0, 0.1) is 13.8 Å². The molecule has 214 valence electrons. The zero-order valence-electron chi connectivity index (χ0n) is 23.5. The lowest BCUT2D eigenvalue weighted by atomic mass is 10.0. The number of nitrogens with one attached hydrogen (secondary N) is 2. The van der Waals surface area contributed by atoms with Gasteiger partial charge < -0.3 is 24.3 Å². The van der Waals surface area contributed by atoms with Crippen molar-refractivity contribution in [3.63, 3.8) is 0 Å². The maximum atomic E-state index is 13.6. The van der Waals surface area contributed by atoms with Gasteiger partial charge in [0.25, 0.3) is 5.56 Å². The van der Waals surface area contributed by atoms with Gasteiger partial charge in [0.2, 0.25) is 0 Å². The van der Waals surface area contributed by atoms with Crippen LogP contribution in [-0.2, 0) is 11.2 Å². The quantitative estimate of drug-likeness (QED) is 0.270. The molecule has 0 unspecified atom stereocenters. The van der Waals surface area contributed by atoms with E-state index in [1.807, 2.05) is 48.7 Å². The highest BCUT2D eigenvalue weighted by Crippen LogP contribution is 2.34. The molecule has 1 aliphatic rings. The number of carbonyl (C=O) groups is 1. The largest absolute Gasteiger partial charge is 0.412 e. The minimum atomic E-state index is -0.541. The zero-order chi connectivity index (χ0) is 29.2. The molecule has 12 heteroatoms. The molecule has 2 N–H and O–H groups in total. The van der Waals surface area contributed by atoms with Crippen LogP contribution in [0.1, 0.15) is 35.2 Å². The third-order valence-electron chi connectivity index (χ3n) is 7.32. The Morgan fingerprint density at radius 1 is 1.10 bits per heavy atom. The number of imidazole rings is 1. The van der Waals surface area contributed by atoms with E-state index in [0.29, 0.717) is 18.9 Å². The first-order valence-electron chi connectivity index (χ1n) is 13.6. The van der Waals surface area contributed by atoms with Crippen LogP contribution >= 0.6 is 0 Å². The molecule has 0 bridgehead atoms. The van der Waals surface area contributed by atoms with Gasteiger partial charge in [-0.2, -0.15) is 4.68 Å². The standard InChI is InChI=1S/C30H30N8O4/c1-18-4-10-25(37-17-32-35-36-37)24(14-18)21-15-22-7-11-26(38(22)27(39)16-21)29-33-19(2)28(34-29)20-5-8-23(9-6-20)42-30(40)31-12-13-41-3/h4-6,8-10,14-17,26H,7,11-13H2,1-3H3,(H,31,40)(H,33,34)/t26-/m0/s1. The fourth-order valence-electron chi connectivity index (χ4n) is 5.36. The van der Waals surface area contributed by atoms with Crippen molar-refractivity contribution in [3.05, 3.63) is 94.1 Å². The van der Waals surface area contributed by atoms with E-state index in [1.54, 1.807) is 36.3 Å². The number of hydrogen-bond donors (Lipinski definition) is 2. The van der Waals surface area contributed by atoms with Crippen LogP contribution < -0.4 is 15.6 Å². The van der Waals surface area contributed by atoms with Crippen molar-refractivity contribution in [2.24, 2.45) is 0 Å². The Hall–Kier alpha value is -5.10. The van der Waals surface area contributed by atoms with E-state index in [9.17, 15) is 9.59 Å². The first kappa shape index (κ1) is 27.1. The highest BCUT2D eigenvalue weighted by atomic mass is 16.6. The van der Waals surface area contributed by atoms with E-state index < -0.39 is 6.09 Å². The Balaban J connectivity index is 1.25. The Morgan fingerprint density at radius 2 is 1.93 bits per heavy atom. The molecule has 0 saturated carbocycles. The summed E-state index contributed by atoms with van der Waals surface area (Å²) >= 11 is 0. The second-order valence-electron chi connectivity index (χ2n) is 10.2. The van der Waals surface area contributed by atoms with Gasteiger partial charge in [-0.05, 0) is 85.1 Å². The van der Waals surface area contributed by atoms with Crippen LogP contribution in [0.25, 0.3) is 28.1 Å². The number of ether oxygens (including phenoxy) is 2. The monoisotopic (exact) mass is 566 g/mol. The number of carbonyl (C=O) groups excluding carboxylic acids is 1. The van der Waals surface area contributed by atoms with E-state index in [1.165, 1.54) is 0 Å². The van der Waals surface area contributed by atoms with Gasteiger partial charge in [-0.3, -0.25) is 4.79 Å². The summed E-state index contributed by atoms with van der Waals surface area (Å²) in [4.78, 5) is 33.8. The van der Waals surface area contributed by atoms with Crippen molar-refractivity contribution in [1.82, 2.24) is 40.1 Å². The number of amides is 1. The average molecular weight is 567 g/mol. The molecular formula is C30H30N8O4. The fourth-order valence-corrected chi connectivity index (χ4v) is 5.36. The molecule has 3 aromatic heterocycles. The molecular weight excluding hydrogens is 536 g/mol. The van der Waals surface area contributed by atoms with Crippen molar-refractivity contribution in [2.45, 2.75) is 32.7 Å². The van der Waals surface area contributed by atoms with Crippen molar-refractivity contribution in [2.75, 3.05) is 20.3 Å². The number of aromatic amines is 1. The van der Waals surface area contributed by atoms with Crippen molar-refractivity contribution < 1.29 is 14.3 Å². The number of pyridine rings is 1. The topological polar surface area (TPSA) is 142 Å². The second kappa shape index (κ2) is 11.4. The van der Waals surface area contributed by atoms with E-state index in [2.05, 4.69) is 31.9 Å². The lowest BCUT2D eigenvalue weighted by Crippen LogP contribution is -2.29. The maximum absolute atomic E-state index is 13.6. The van der Waals surface area contributed by atoms with Crippen LogP contribution in [-0.4, -0.2) is 61.1 Å². The van der Waals surface area contributed by atoms with Crippen molar-refractivity contribution in [1.29, 1.82) is 0 Å². The molecule has 12 nitrogen and oxygen atoms in total. The highest BCUT2D eigenvalue weighted by Gasteiger charge is 2.29. The summed E-state index contributed by atoms with van der Waals surface area (Å²) in [7, 11) is 1.57. The third-order valence-corrected chi connectivity index (χ3v) is 7.32. The molecule has 4 heterocycles. The number of methoxy groups -OCH3 is 1. The molecule has 5 aromatic rings. The lowest BCUT2D eigenvalue weighted by molar-refractivity contribution is 0.180. The Labute approximate surface area is 241 Å². The van der Waals surface area contributed by atoms with Crippen LogP contribution in [0.3, 0.4) is 0 Å². The summed E-state index contributed by atoms with van der Waals surface area (Å²) in [5.41, 5.74) is 7.00. The maximum Gasteiger partial charge on any atom is 0.412 e. The molecule has 42 heavy (non-hydrogen) atoms. The van der Waals surface area contributed by atoms with Crippen LogP contribution in [0.5, 0.6) is 5.75 Å². The minimum absolute atomic E-state index is 0.0879. The van der Waals surface area contributed by atoms with Gasteiger partial charge in [0.05, 0.1) is 24.0 Å². The van der Waals surface area contributed by atoms with Crippen molar-refractivity contribution in [3.8, 4) is 33.8 Å². The molecule has 0 aliphatic carbocycles. The number of nitrogens with zero attached hydrogens (tertiary/aromatic N) is 6. The Bertz CT molecular complexity index is 1790. The molecule has 0 spiro atoms. The lowest BCUT2D eigenvalue weighted by Gasteiger charge is -2.15. The number of aryl methyl sites for hydroxylation is 3. The third kappa shape index (κ3) is 5.31. The number of fused-ring (bicyclic) bond motifs is 1. The molecule has 1 aliphatic heterocycles. The summed E-state index contributed by atoms with van der Waals surface area (Å²) in [6.45, 7) is 4.75. The molecule has 6 rings (SSSR count). The summed E-state index contributed by atoms with van der Waals surface area (Å²) < 4.78 is 13.7. The van der Waals surface area contributed by atoms with Gasteiger partial charge >= 0.3 is 6.09 Å². The predicted octanol–water partition coefficient (Wildman–Crippen LogP) is 3.77. The van der Waals surface area contributed by atoms with Gasteiger partial charge in [0, 0.05) is 42.2 Å². The zero-order valence-corrected chi connectivity index (χ0v) is 23.5. The van der Waals surface area contributed by atoms with Crippen LogP contribution in [0.15, 0.2) is 65.7 Å².